The number of thioether (sulfide) groups is 1. The smallest absolute Gasteiger partial charge is 0.192 e. The molecule has 0 amide bonds. The summed E-state index contributed by atoms with van der Waals surface area (Å²) >= 11 is 5.17. The molecular weight excluding hydrogens is 398 g/mol. The Kier molecular flexibility index (Phi) is 5.94. The number of rotatable bonds is 7. The molecule has 6 heteroatoms. The van der Waals surface area contributed by atoms with Crippen molar-refractivity contribution in [3.05, 3.63) is 71.2 Å². The first-order valence-electron chi connectivity index (χ1n) is 7.77. The van der Waals surface area contributed by atoms with Gasteiger partial charge in [0.15, 0.2) is 11.0 Å². The molecule has 25 heavy (non-hydrogen) atoms. The van der Waals surface area contributed by atoms with Crippen molar-refractivity contribution >= 4 is 27.7 Å². The van der Waals surface area contributed by atoms with Gasteiger partial charge in [-0.1, -0.05) is 58.0 Å². The molecule has 0 saturated carbocycles. The Hall–Kier alpha value is -2.05. The summed E-state index contributed by atoms with van der Waals surface area (Å²) in [5, 5.41) is 9.65. The number of halogens is 1. The van der Waals surface area contributed by atoms with Gasteiger partial charge in [-0.2, -0.15) is 0 Å². The van der Waals surface area contributed by atoms with E-state index >= 15 is 0 Å². The third-order valence-corrected chi connectivity index (χ3v) is 5.16. The van der Waals surface area contributed by atoms with Crippen molar-refractivity contribution < 1.29 is 4.74 Å². The molecule has 4 nitrogen and oxygen atoms in total. The predicted octanol–water partition coefficient (Wildman–Crippen LogP) is 5.19. The molecule has 0 atom stereocenters. The number of allylic oxidation sites excluding steroid dienone is 1. The van der Waals surface area contributed by atoms with Crippen molar-refractivity contribution in [3.63, 3.8) is 0 Å². The van der Waals surface area contributed by atoms with E-state index in [1.54, 1.807) is 18.9 Å². The van der Waals surface area contributed by atoms with Crippen molar-refractivity contribution in [2.75, 3.05) is 7.11 Å². The lowest BCUT2D eigenvalue weighted by Gasteiger charge is -2.10. The summed E-state index contributed by atoms with van der Waals surface area (Å²) in [6.45, 7) is 4.50. The van der Waals surface area contributed by atoms with Crippen LogP contribution in [0, 0.1) is 0 Å². The van der Waals surface area contributed by atoms with Gasteiger partial charge in [-0.25, -0.2) is 0 Å². The van der Waals surface area contributed by atoms with Gasteiger partial charge in [0.2, 0.25) is 0 Å². The first-order chi connectivity index (χ1) is 12.2. The van der Waals surface area contributed by atoms with Gasteiger partial charge in [0.05, 0.1) is 12.7 Å². The zero-order valence-electron chi connectivity index (χ0n) is 13.9. The molecule has 0 fully saturated rings. The fraction of sp³-hybridized carbons (Fsp3) is 0.158. The molecule has 0 aliphatic carbocycles. The molecule has 0 unspecified atom stereocenters. The van der Waals surface area contributed by atoms with Gasteiger partial charge >= 0.3 is 0 Å². The van der Waals surface area contributed by atoms with Gasteiger partial charge in [0, 0.05) is 16.8 Å². The minimum atomic E-state index is 0.640. The molecule has 0 N–H and O–H groups in total. The molecule has 0 bridgehead atoms. The number of hydrogen-bond donors (Lipinski definition) is 0. The van der Waals surface area contributed by atoms with E-state index in [1.807, 2.05) is 42.5 Å². The standard InChI is InChI=1S/C19H18BrN3OS/c1-3-11-23-18(16-9-4-5-10-17(16)24-2)21-22-19(23)25-13-14-7-6-8-15(20)12-14/h3-10,12H,1,11,13H2,2H3. The SMILES string of the molecule is C=CCn1c(SCc2cccc(Br)c2)nnc1-c1ccccc1OC. The molecule has 3 rings (SSSR count). The largest absolute Gasteiger partial charge is 0.496 e. The van der Waals surface area contributed by atoms with E-state index in [9.17, 15) is 0 Å². The Morgan fingerprint density at radius 2 is 2.04 bits per heavy atom. The Morgan fingerprint density at radius 3 is 2.80 bits per heavy atom. The van der Waals surface area contributed by atoms with Crippen LogP contribution in [-0.2, 0) is 12.3 Å². The Labute approximate surface area is 160 Å². The van der Waals surface area contributed by atoms with Crippen LogP contribution in [0.5, 0.6) is 5.75 Å². The minimum absolute atomic E-state index is 0.640. The van der Waals surface area contributed by atoms with Crippen LogP contribution in [0.2, 0.25) is 0 Å². The van der Waals surface area contributed by atoms with Gasteiger partial charge in [-0.15, -0.1) is 16.8 Å². The summed E-state index contributed by atoms with van der Waals surface area (Å²) in [6.07, 6.45) is 1.85. The number of ether oxygens (including phenoxy) is 1. The minimum Gasteiger partial charge on any atom is -0.496 e. The van der Waals surface area contributed by atoms with Crippen LogP contribution in [-0.4, -0.2) is 21.9 Å². The maximum absolute atomic E-state index is 5.47. The third-order valence-electron chi connectivity index (χ3n) is 3.63. The molecule has 2 aromatic carbocycles. The van der Waals surface area contributed by atoms with E-state index in [2.05, 4.69) is 49.4 Å². The van der Waals surface area contributed by atoms with E-state index in [1.165, 1.54) is 5.56 Å². The molecule has 0 aliphatic rings. The number of aromatic nitrogens is 3. The highest BCUT2D eigenvalue weighted by molar-refractivity contribution is 9.10. The lowest BCUT2D eigenvalue weighted by molar-refractivity contribution is 0.416. The van der Waals surface area contributed by atoms with Gasteiger partial charge in [0.1, 0.15) is 5.75 Å². The topological polar surface area (TPSA) is 39.9 Å². The molecule has 0 saturated heterocycles. The van der Waals surface area contributed by atoms with Crippen LogP contribution in [0.1, 0.15) is 5.56 Å². The summed E-state index contributed by atoms with van der Waals surface area (Å²) in [5.74, 6) is 2.39. The van der Waals surface area contributed by atoms with Gasteiger partial charge in [0.25, 0.3) is 0 Å². The maximum atomic E-state index is 5.47. The number of hydrogen-bond acceptors (Lipinski definition) is 4. The zero-order chi connectivity index (χ0) is 17.6. The molecule has 0 aliphatic heterocycles. The highest BCUT2D eigenvalue weighted by atomic mass is 79.9. The highest BCUT2D eigenvalue weighted by Crippen LogP contribution is 2.32. The molecule has 1 heterocycles. The first kappa shape index (κ1) is 17.8. The van der Waals surface area contributed by atoms with Crippen LogP contribution >= 0.6 is 27.7 Å². The van der Waals surface area contributed by atoms with Gasteiger partial charge in [-0.3, -0.25) is 4.57 Å². The van der Waals surface area contributed by atoms with Crippen LogP contribution in [0.15, 0.2) is 70.8 Å². The van der Waals surface area contributed by atoms with Gasteiger partial charge < -0.3 is 4.74 Å². The van der Waals surface area contributed by atoms with E-state index in [0.717, 1.165) is 32.5 Å². The second-order valence-electron chi connectivity index (χ2n) is 5.32. The maximum Gasteiger partial charge on any atom is 0.192 e. The number of para-hydroxylation sites is 1. The van der Waals surface area contributed by atoms with E-state index in [-0.39, 0.29) is 0 Å². The summed E-state index contributed by atoms with van der Waals surface area (Å²) in [5.41, 5.74) is 2.15. The van der Waals surface area contributed by atoms with Crippen LogP contribution < -0.4 is 4.74 Å². The fourth-order valence-electron chi connectivity index (χ4n) is 2.49. The van der Waals surface area contributed by atoms with Crippen molar-refractivity contribution in [1.82, 2.24) is 14.8 Å². The average Bonchev–Trinajstić information content (AvgIpc) is 3.03. The van der Waals surface area contributed by atoms with E-state index < -0.39 is 0 Å². The molecule has 1 aromatic heterocycles. The predicted molar refractivity (Wildman–Crippen MR) is 106 cm³/mol. The normalized spacial score (nSPS) is 10.6. The van der Waals surface area contributed by atoms with Crippen molar-refractivity contribution in [3.8, 4) is 17.1 Å². The van der Waals surface area contributed by atoms with Crippen LogP contribution in [0.4, 0.5) is 0 Å². The first-order valence-corrected chi connectivity index (χ1v) is 9.55. The summed E-state index contributed by atoms with van der Waals surface area (Å²) in [4.78, 5) is 0. The quantitative estimate of drug-likeness (QED) is 0.392. The Morgan fingerprint density at radius 1 is 1.20 bits per heavy atom. The van der Waals surface area contributed by atoms with Crippen molar-refractivity contribution in [2.45, 2.75) is 17.5 Å². The van der Waals surface area contributed by atoms with E-state index in [4.69, 9.17) is 4.74 Å². The molecule has 0 radical (unpaired) electrons. The molecule has 128 valence electrons. The van der Waals surface area contributed by atoms with Gasteiger partial charge in [-0.05, 0) is 29.8 Å². The average molecular weight is 416 g/mol. The van der Waals surface area contributed by atoms with Crippen LogP contribution in [0.3, 0.4) is 0 Å². The number of benzene rings is 2. The van der Waals surface area contributed by atoms with Crippen molar-refractivity contribution in [1.29, 1.82) is 0 Å². The monoisotopic (exact) mass is 415 g/mol. The number of methoxy groups -OCH3 is 1. The lowest BCUT2D eigenvalue weighted by atomic mass is 10.2. The third kappa shape index (κ3) is 4.14. The van der Waals surface area contributed by atoms with Crippen molar-refractivity contribution in [2.24, 2.45) is 0 Å². The molecule has 0 spiro atoms. The summed E-state index contributed by atoms with van der Waals surface area (Å²) in [6, 6.07) is 16.1. The zero-order valence-corrected chi connectivity index (χ0v) is 16.3. The summed E-state index contributed by atoms with van der Waals surface area (Å²) < 4.78 is 8.61. The Balaban J connectivity index is 1.90. The van der Waals surface area contributed by atoms with Crippen LogP contribution in [0.25, 0.3) is 11.4 Å². The highest BCUT2D eigenvalue weighted by Gasteiger charge is 2.16. The lowest BCUT2D eigenvalue weighted by Crippen LogP contribution is -2.01. The molecule has 3 aromatic rings. The second kappa shape index (κ2) is 8.36. The molecular formula is C19H18BrN3OS. The Bertz CT molecular complexity index is 879. The second-order valence-corrected chi connectivity index (χ2v) is 7.18. The van der Waals surface area contributed by atoms with E-state index in [0.29, 0.717) is 6.54 Å². The number of nitrogens with zero attached hydrogens (tertiary/aromatic N) is 3. The summed E-state index contributed by atoms with van der Waals surface area (Å²) in [7, 11) is 1.66. The fourth-order valence-corrected chi connectivity index (χ4v) is 3.83.